The van der Waals surface area contributed by atoms with Crippen molar-refractivity contribution in [3.63, 3.8) is 0 Å². The molecule has 3 heteroatoms. The Hall–Kier alpha value is -1.25. The maximum Gasteiger partial charge on any atom is 0.253 e. The maximum absolute atomic E-state index is 11.6. The molecule has 1 aliphatic heterocycles. The molecule has 1 fully saturated rings. The zero-order valence-corrected chi connectivity index (χ0v) is 10.4. The highest BCUT2D eigenvalue weighted by Crippen LogP contribution is 2.22. The van der Waals surface area contributed by atoms with Gasteiger partial charge in [0.2, 0.25) is 0 Å². The molecule has 88 valence electrons. The minimum Gasteiger partial charge on any atom is -0.370 e. The fourth-order valence-electron chi connectivity index (χ4n) is 2.30. The molecule has 2 rings (SSSR count). The van der Waals surface area contributed by atoms with E-state index in [0.717, 1.165) is 24.6 Å². The van der Waals surface area contributed by atoms with Crippen LogP contribution in [0.3, 0.4) is 0 Å². The van der Waals surface area contributed by atoms with Crippen LogP contribution in [0, 0.1) is 12.8 Å². The van der Waals surface area contributed by atoms with Crippen LogP contribution in [-0.4, -0.2) is 17.7 Å². The van der Waals surface area contributed by atoms with E-state index in [0.29, 0.717) is 0 Å². The molecule has 0 unspecified atom stereocenters. The van der Waals surface area contributed by atoms with Crippen LogP contribution >= 0.6 is 0 Å². The van der Waals surface area contributed by atoms with Gasteiger partial charge in [-0.2, -0.15) is 0 Å². The second kappa shape index (κ2) is 4.32. The maximum atomic E-state index is 11.6. The van der Waals surface area contributed by atoms with Crippen molar-refractivity contribution in [3.05, 3.63) is 28.2 Å². The lowest BCUT2D eigenvalue weighted by molar-refractivity contribution is 0.438. The molecule has 1 aromatic heterocycles. The van der Waals surface area contributed by atoms with E-state index in [9.17, 15) is 4.79 Å². The predicted molar refractivity (Wildman–Crippen MR) is 67.0 cm³/mol. The van der Waals surface area contributed by atoms with Crippen molar-refractivity contribution < 1.29 is 0 Å². The normalized spacial score (nSPS) is 17.8. The van der Waals surface area contributed by atoms with E-state index in [1.54, 1.807) is 4.57 Å². The van der Waals surface area contributed by atoms with Gasteiger partial charge in [-0.3, -0.25) is 4.79 Å². The Balaban J connectivity index is 2.24. The quantitative estimate of drug-likeness (QED) is 0.722. The standard InChI is InChI=1S/C13H20N2O/c1-10-4-6-15(7-5-10)12-8-11(2)13(16)14(3)9-12/h8-10H,4-7H2,1-3H3. The van der Waals surface area contributed by atoms with Gasteiger partial charge in [0.05, 0.1) is 5.69 Å². The lowest BCUT2D eigenvalue weighted by Crippen LogP contribution is -2.34. The van der Waals surface area contributed by atoms with E-state index in [-0.39, 0.29) is 5.56 Å². The molecule has 0 N–H and O–H groups in total. The molecule has 1 aromatic rings. The lowest BCUT2D eigenvalue weighted by Gasteiger charge is -2.32. The second-order valence-electron chi connectivity index (χ2n) is 4.97. The van der Waals surface area contributed by atoms with E-state index in [1.807, 2.05) is 26.2 Å². The van der Waals surface area contributed by atoms with Gasteiger partial charge in [0.15, 0.2) is 0 Å². The number of anilines is 1. The summed E-state index contributed by atoms with van der Waals surface area (Å²) in [6.07, 6.45) is 4.45. The van der Waals surface area contributed by atoms with Gasteiger partial charge in [-0.05, 0) is 31.7 Å². The third kappa shape index (κ3) is 2.13. The summed E-state index contributed by atoms with van der Waals surface area (Å²) < 4.78 is 1.68. The van der Waals surface area contributed by atoms with E-state index in [1.165, 1.54) is 18.5 Å². The summed E-state index contributed by atoms with van der Waals surface area (Å²) in [5, 5.41) is 0. The molecular weight excluding hydrogens is 200 g/mol. The Morgan fingerprint density at radius 2 is 1.94 bits per heavy atom. The van der Waals surface area contributed by atoms with E-state index in [2.05, 4.69) is 11.8 Å². The van der Waals surface area contributed by atoms with E-state index < -0.39 is 0 Å². The van der Waals surface area contributed by atoms with Gasteiger partial charge >= 0.3 is 0 Å². The summed E-state index contributed by atoms with van der Waals surface area (Å²) in [5.74, 6) is 0.838. The van der Waals surface area contributed by atoms with Gasteiger partial charge in [-0.15, -0.1) is 0 Å². The summed E-state index contributed by atoms with van der Waals surface area (Å²) in [6.45, 7) is 6.42. The summed E-state index contributed by atoms with van der Waals surface area (Å²) in [7, 11) is 1.82. The Bertz CT molecular complexity index is 402. The minimum atomic E-state index is 0.106. The van der Waals surface area contributed by atoms with Gasteiger partial charge in [0.25, 0.3) is 5.56 Å². The number of piperidine rings is 1. The molecule has 0 aromatic carbocycles. The number of nitrogens with zero attached hydrogens (tertiary/aromatic N) is 2. The molecule has 16 heavy (non-hydrogen) atoms. The first-order valence-corrected chi connectivity index (χ1v) is 6.00. The van der Waals surface area contributed by atoms with Crippen LogP contribution in [0.2, 0.25) is 0 Å². The Labute approximate surface area is 96.7 Å². The summed E-state index contributed by atoms with van der Waals surface area (Å²) in [4.78, 5) is 14.0. The summed E-state index contributed by atoms with van der Waals surface area (Å²) >= 11 is 0. The summed E-state index contributed by atoms with van der Waals surface area (Å²) in [5.41, 5.74) is 2.12. The molecule has 1 saturated heterocycles. The number of rotatable bonds is 1. The SMILES string of the molecule is Cc1cc(N2CCC(C)CC2)cn(C)c1=O. The van der Waals surface area contributed by atoms with Crippen molar-refractivity contribution in [2.24, 2.45) is 13.0 Å². The Morgan fingerprint density at radius 1 is 1.31 bits per heavy atom. The van der Waals surface area contributed by atoms with Gasteiger partial charge in [-0.25, -0.2) is 0 Å². The summed E-state index contributed by atoms with van der Waals surface area (Å²) in [6, 6.07) is 2.01. The van der Waals surface area contributed by atoms with Crippen molar-refractivity contribution in [1.29, 1.82) is 0 Å². The van der Waals surface area contributed by atoms with Crippen LogP contribution in [0.15, 0.2) is 17.1 Å². The van der Waals surface area contributed by atoms with Gasteiger partial charge < -0.3 is 9.47 Å². The molecule has 0 amide bonds. The van der Waals surface area contributed by atoms with Crippen molar-refractivity contribution in [1.82, 2.24) is 4.57 Å². The van der Waals surface area contributed by atoms with Gasteiger partial charge in [-0.1, -0.05) is 6.92 Å². The number of hydrogen-bond donors (Lipinski definition) is 0. The fraction of sp³-hybridized carbons (Fsp3) is 0.615. The first-order valence-electron chi connectivity index (χ1n) is 6.00. The first-order chi connectivity index (χ1) is 7.58. The number of aromatic nitrogens is 1. The zero-order valence-electron chi connectivity index (χ0n) is 10.4. The molecule has 0 spiro atoms. The van der Waals surface area contributed by atoms with Crippen LogP contribution in [-0.2, 0) is 7.05 Å². The molecule has 0 saturated carbocycles. The van der Waals surface area contributed by atoms with Gasteiger partial charge in [0, 0.05) is 31.9 Å². The highest BCUT2D eigenvalue weighted by Gasteiger charge is 2.16. The van der Waals surface area contributed by atoms with Crippen LogP contribution in [0.4, 0.5) is 5.69 Å². The van der Waals surface area contributed by atoms with Crippen LogP contribution in [0.25, 0.3) is 0 Å². The van der Waals surface area contributed by atoms with Crippen molar-refractivity contribution in [2.75, 3.05) is 18.0 Å². The van der Waals surface area contributed by atoms with Gasteiger partial charge in [0.1, 0.15) is 0 Å². The predicted octanol–water partition coefficient (Wildman–Crippen LogP) is 1.93. The van der Waals surface area contributed by atoms with Crippen LogP contribution < -0.4 is 10.5 Å². The first kappa shape index (κ1) is 11.2. The van der Waals surface area contributed by atoms with Crippen molar-refractivity contribution in [2.45, 2.75) is 26.7 Å². The topological polar surface area (TPSA) is 25.2 Å². The number of pyridine rings is 1. The molecule has 0 radical (unpaired) electrons. The molecule has 1 aliphatic rings. The molecular formula is C13H20N2O. The largest absolute Gasteiger partial charge is 0.370 e. The third-order valence-corrected chi connectivity index (χ3v) is 3.50. The van der Waals surface area contributed by atoms with E-state index in [4.69, 9.17) is 0 Å². The number of aryl methyl sites for hydroxylation is 2. The fourth-order valence-corrected chi connectivity index (χ4v) is 2.30. The minimum absolute atomic E-state index is 0.106. The van der Waals surface area contributed by atoms with Crippen molar-refractivity contribution >= 4 is 5.69 Å². The molecule has 0 atom stereocenters. The smallest absolute Gasteiger partial charge is 0.253 e. The average Bonchev–Trinajstić information content (AvgIpc) is 2.26. The molecule has 0 bridgehead atoms. The number of hydrogen-bond acceptors (Lipinski definition) is 2. The Kier molecular flexibility index (Phi) is 3.03. The Morgan fingerprint density at radius 3 is 2.50 bits per heavy atom. The third-order valence-electron chi connectivity index (χ3n) is 3.50. The van der Waals surface area contributed by atoms with Crippen molar-refractivity contribution in [3.8, 4) is 0 Å². The average molecular weight is 220 g/mol. The zero-order chi connectivity index (χ0) is 11.7. The highest BCUT2D eigenvalue weighted by molar-refractivity contribution is 5.46. The van der Waals surface area contributed by atoms with Crippen LogP contribution in [0.5, 0.6) is 0 Å². The molecule has 3 nitrogen and oxygen atoms in total. The lowest BCUT2D eigenvalue weighted by atomic mass is 9.99. The second-order valence-corrected chi connectivity index (χ2v) is 4.97. The van der Waals surface area contributed by atoms with Crippen LogP contribution in [0.1, 0.15) is 25.3 Å². The van der Waals surface area contributed by atoms with E-state index >= 15 is 0 Å². The highest BCUT2D eigenvalue weighted by atomic mass is 16.1. The molecule has 0 aliphatic carbocycles. The molecule has 2 heterocycles. The monoisotopic (exact) mass is 220 g/mol.